The van der Waals surface area contributed by atoms with Crippen LogP contribution in [0.1, 0.15) is 72.7 Å². The zero-order chi connectivity index (χ0) is 25.0. The van der Waals surface area contributed by atoms with Crippen molar-refractivity contribution in [3.63, 3.8) is 0 Å². The van der Waals surface area contributed by atoms with Crippen LogP contribution in [0, 0.1) is 6.92 Å². The summed E-state index contributed by atoms with van der Waals surface area (Å²) in [5.74, 6) is 1.96. The lowest BCUT2D eigenvalue weighted by Crippen LogP contribution is -2.36. The van der Waals surface area contributed by atoms with Gasteiger partial charge < -0.3 is 9.80 Å². The molecule has 0 bridgehead atoms. The molecule has 0 atom stereocenters. The van der Waals surface area contributed by atoms with Gasteiger partial charge in [-0.05, 0) is 48.4 Å². The van der Waals surface area contributed by atoms with Gasteiger partial charge in [-0.15, -0.1) is 0 Å². The van der Waals surface area contributed by atoms with E-state index in [4.69, 9.17) is 9.97 Å². The van der Waals surface area contributed by atoms with Crippen LogP contribution in [-0.2, 0) is 18.3 Å². The van der Waals surface area contributed by atoms with Crippen LogP contribution in [0.15, 0.2) is 54.6 Å². The fourth-order valence-electron chi connectivity index (χ4n) is 4.80. The predicted octanol–water partition coefficient (Wildman–Crippen LogP) is 5.59. The van der Waals surface area contributed by atoms with Crippen molar-refractivity contribution in [1.82, 2.24) is 14.9 Å². The Hall–Kier alpha value is -3.21. The molecule has 1 aromatic heterocycles. The first-order valence-corrected chi connectivity index (χ1v) is 12.8. The van der Waals surface area contributed by atoms with E-state index in [2.05, 4.69) is 69.0 Å². The molecule has 2 heterocycles. The van der Waals surface area contributed by atoms with E-state index in [1.165, 1.54) is 16.7 Å². The van der Waals surface area contributed by atoms with E-state index in [1.54, 1.807) is 0 Å². The fourth-order valence-corrected chi connectivity index (χ4v) is 4.80. The molecule has 0 unspecified atom stereocenters. The van der Waals surface area contributed by atoms with Crippen molar-refractivity contribution in [2.75, 3.05) is 31.1 Å². The highest BCUT2D eigenvalue weighted by Gasteiger charge is 2.24. The standard InChI is InChI=1S/C30H38N4O/c1-6-27-26(21-23-11-8-7-9-12-23)28(32-22(2)31-27)33-17-10-18-34(20-19-33)29(35)24-13-15-25(16-14-24)30(3,4)5/h7-9,11-16H,6,10,17-21H2,1-5H3. The smallest absolute Gasteiger partial charge is 0.253 e. The number of carbonyl (C=O) groups excluding carboxylic acids is 1. The van der Waals surface area contributed by atoms with Crippen molar-refractivity contribution in [3.05, 3.63) is 88.4 Å². The molecule has 0 radical (unpaired) electrons. The molecule has 1 aliphatic heterocycles. The Kier molecular flexibility index (Phi) is 7.54. The van der Waals surface area contributed by atoms with Gasteiger partial charge in [-0.2, -0.15) is 0 Å². The number of aromatic nitrogens is 2. The zero-order valence-electron chi connectivity index (χ0n) is 21.8. The molecule has 5 nitrogen and oxygen atoms in total. The van der Waals surface area contributed by atoms with Crippen LogP contribution in [0.5, 0.6) is 0 Å². The molecular weight excluding hydrogens is 432 g/mol. The zero-order valence-corrected chi connectivity index (χ0v) is 21.8. The molecule has 0 aliphatic carbocycles. The first-order chi connectivity index (χ1) is 16.8. The maximum Gasteiger partial charge on any atom is 0.253 e. The molecule has 1 aliphatic rings. The third-order valence-electron chi connectivity index (χ3n) is 6.82. The summed E-state index contributed by atoms with van der Waals surface area (Å²) in [5.41, 5.74) is 5.68. The van der Waals surface area contributed by atoms with Crippen molar-refractivity contribution in [1.29, 1.82) is 0 Å². The molecule has 1 fully saturated rings. The third kappa shape index (κ3) is 5.90. The Morgan fingerprint density at radius 2 is 1.63 bits per heavy atom. The van der Waals surface area contributed by atoms with E-state index in [9.17, 15) is 4.79 Å². The summed E-state index contributed by atoms with van der Waals surface area (Å²) in [6, 6.07) is 18.7. The molecule has 0 spiro atoms. The van der Waals surface area contributed by atoms with Gasteiger partial charge in [0.05, 0.1) is 0 Å². The monoisotopic (exact) mass is 470 g/mol. The van der Waals surface area contributed by atoms with E-state index in [0.29, 0.717) is 6.54 Å². The quantitative estimate of drug-likeness (QED) is 0.488. The van der Waals surface area contributed by atoms with Crippen LogP contribution in [-0.4, -0.2) is 47.0 Å². The lowest BCUT2D eigenvalue weighted by atomic mass is 9.86. The molecular formula is C30H38N4O. The van der Waals surface area contributed by atoms with Crippen molar-refractivity contribution >= 4 is 11.7 Å². The largest absolute Gasteiger partial charge is 0.354 e. The summed E-state index contributed by atoms with van der Waals surface area (Å²) in [6.45, 7) is 13.8. The number of benzene rings is 2. The average Bonchev–Trinajstić information content (AvgIpc) is 3.11. The molecule has 1 saturated heterocycles. The number of hydrogen-bond acceptors (Lipinski definition) is 4. The lowest BCUT2D eigenvalue weighted by Gasteiger charge is -2.26. The van der Waals surface area contributed by atoms with E-state index in [-0.39, 0.29) is 11.3 Å². The van der Waals surface area contributed by atoms with Crippen LogP contribution in [0.4, 0.5) is 5.82 Å². The minimum absolute atomic E-state index is 0.0785. The Morgan fingerprint density at radius 3 is 2.29 bits per heavy atom. The first-order valence-electron chi connectivity index (χ1n) is 12.8. The topological polar surface area (TPSA) is 49.3 Å². The Bertz CT molecular complexity index is 1150. The van der Waals surface area contributed by atoms with E-state index in [1.807, 2.05) is 30.0 Å². The highest BCUT2D eigenvalue weighted by Crippen LogP contribution is 2.27. The van der Waals surface area contributed by atoms with Gasteiger partial charge in [-0.25, -0.2) is 9.97 Å². The minimum Gasteiger partial charge on any atom is -0.354 e. The molecule has 0 saturated carbocycles. The molecule has 3 aromatic rings. The van der Waals surface area contributed by atoms with Crippen molar-refractivity contribution in [3.8, 4) is 0 Å². The summed E-state index contributed by atoms with van der Waals surface area (Å²) in [7, 11) is 0. The average molecular weight is 471 g/mol. The van der Waals surface area contributed by atoms with Gasteiger partial charge in [0.2, 0.25) is 0 Å². The molecule has 184 valence electrons. The Balaban J connectivity index is 1.54. The molecule has 2 aromatic carbocycles. The molecule has 1 amide bonds. The first kappa shape index (κ1) is 24.9. The van der Waals surface area contributed by atoms with Crippen LogP contribution in [0.3, 0.4) is 0 Å². The lowest BCUT2D eigenvalue weighted by molar-refractivity contribution is 0.0767. The van der Waals surface area contributed by atoms with Crippen LogP contribution in [0.25, 0.3) is 0 Å². The van der Waals surface area contributed by atoms with Crippen LogP contribution in [0.2, 0.25) is 0 Å². The molecule has 4 rings (SSSR count). The summed E-state index contributed by atoms with van der Waals surface area (Å²) in [6.07, 6.45) is 2.61. The number of aryl methyl sites for hydroxylation is 2. The number of nitrogens with zero attached hydrogens (tertiary/aromatic N) is 4. The van der Waals surface area contributed by atoms with Gasteiger partial charge in [-0.1, -0.05) is 70.2 Å². The number of rotatable bonds is 5. The second-order valence-electron chi connectivity index (χ2n) is 10.5. The van der Waals surface area contributed by atoms with E-state index < -0.39 is 0 Å². The summed E-state index contributed by atoms with van der Waals surface area (Å²) in [4.78, 5) is 27.3. The third-order valence-corrected chi connectivity index (χ3v) is 6.82. The number of hydrogen-bond donors (Lipinski definition) is 0. The maximum absolute atomic E-state index is 13.3. The predicted molar refractivity (Wildman–Crippen MR) is 143 cm³/mol. The van der Waals surface area contributed by atoms with Gasteiger partial charge >= 0.3 is 0 Å². The maximum atomic E-state index is 13.3. The van der Waals surface area contributed by atoms with E-state index in [0.717, 1.165) is 61.8 Å². The van der Waals surface area contributed by atoms with Gasteiger partial charge in [0.25, 0.3) is 5.91 Å². The van der Waals surface area contributed by atoms with Crippen LogP contribution < -0.4 is 4.90 Å². The summed E-state index contributed by atoms with van der Waals surface area (Å²) >= 11 is 0. The van der Waals surface area contributed by atoms with Gasteiger partial charge in [0, 0.05) is 49.4 Å². The molecule has 5 heteroatoms. The SMILES string of the molecule is CCc1nc(C)nc(N2CCCN(C(=O)c3ccc(C(C)(C)C)cc3)CC2)c1Cc1ccccc1. The fraction of sp³-hybridized carbons (Fsp3) is 0.433. The normalized spacial score (nSPS) is 14.7. The Morgan fingerprint density at radius 1 is 0.914 bits per heavy atom. The summed E-state index contributed by atoms with van der Waals surface area (Å²) < 4.78 is 0. The highest BCUT2D eigenvalue weighted by molar-refractivity contribution is 5.94. The van der Waals surface area contributed by atoms with Gasteiger partial charge in [0.1, 0.15) is 11.6 Å². The molecule has 35 heavy (non-hydrogen) atoms. The second kappa shape index (κ2) is 10.6. The Labute approximate surface area is 210 Å². The van der Waals surface area contributed by atoms with Gasteiger partial charge in [0.15, 0.2) is 0 Å². The van der Waals surface area contributed by atoms with Crippen molar-refractivity contribution < 1.29 is 4.79 Å². The number of amides is 1. The number of carbonyl (C=O) groups is 1. The van der Waals surface area contributed by atoms with Gasteiger partial charge in [-0.3, -0.25) is 4.79 Å². The van der Waals surface area contributed by atoms with Crippen molar-refractivity contribution in [2.24, 2.45) is 0 Å². The van der Waals surface area contributed by atoms with Crippen LogP contribution >= 0.6 is 0 Å². The number of anilines is 1. The van der Waals surface area contributed by atoms with E-state index >= 15 is 0 Å². The highest BCUT2D eigenvalue weighted by atomic mass is 16.2. The van der Waals surface area contributed by atoms with Crippen molar-refractivity contribution in [2.45, 2.75) is 59.3 Å². The molecule has 0 N–H and O–H groups in total. The second-order valence-corrected chi connectivity index (χ2v) is 10.5. The minimum atomic E-state index is 0.0785. The summed E-state index contributed by atoms with van der Waals surface area (Å²) in [5, 5.41) is 0.